The number of ether oxygens (including phenoxy) is 2. The molecule has 0 amide bonds. The fourth-order valence-corrected chi connectivity index (χ4v) is 4.34. The van der Waals surface area contributed by atoms with Gasteiger partial charge in [0.2, 0.25) is 15.9 Å². The summed E-state index contributed by atoms with van der Waals surface area (Å²) < 4.78 is 37.1. The maximum absolute atomic E-state index is 12.6. The molecule has 0 bridgehead atoms. The van der Waals surface area contributed by atoms with E-state index in [1.54, 1.807) is 6.07 Å². The summed E-state index contributed by atoms with van der Waals surface area (Å²) in [6.07, 6.45) is 0. The van der Waals surface area contributed by atoms with Crippen LogP contribution in [-0.2, 0) is 15.8 Å². The highest BCUT2D eigenvalue weighted by Crippen LogP contribution is 2.23. The Hall–Kier alpha value is -2.39. The summed E-state index contributed by atoms with van der Waals surface area (Å²) in [5, 5.41) is 0. The predicted molar refractivity (Wildman–Crippen MR) is 98.0 cm³/mol. The maximum atomic E-state index is 12.6. The number of nitrogens with zero attached hydrogens (tertiary/aromatic N) is 4. The lowest BCUT2D eigenvalue weighted by Crippen LogP contribution is -2.49. The first-order valence-electron chi connectivity index (χ1n) is 8.25. The minimum Gasteiger partial charge on any atom is -0.481 e. The van der Waals surface area contributed by atoms with Crippen LogP contribution in [0.25, 0.3) is 0 Å². The lowest BCUT2D eigenvalue weighted by molar-refractivity contribution is 0.349. The SMILES string of the molecule is COc1cc(N2CCN(S(=O)(=O)Cc3ccccc3)CC2)nc(OC)n1. The summed E-state index contributed by atoms with van der Waals surface area (Å²) in [4.78, 5) is 10.4. The number of benzene rings is 1. The molecule has 2 aromatic rings. The van der Waals surface area contributed by atoms with Crippen LogP contribution in [0.2, 0.25) is 0 Å². The van der Waals surface area contributed by atoms with Crippen molar-refractivity contribution in [1.29, 1.82) is 0 Å². The predicted octanol–water partition coefficient (Wildman–Crippen LogP) is 1.15. The summed E-state index contributed by atoms with van der Waals surface area (Å²) in [5.74, 6) is 1.09. The smallest absolute Gasteiger partial charge is 0.321 e. The van der Waals surface area contributed by atoms with Gasteiger partial charge < -0.3 is 14.4 Å². The summed E-state index contributed by atoms with van der Waals surface area (Å²) >= 11 is 0. The van der Waals surface area contributed by atoms with Gasteiger partial charge in [-0.1, -0.05) is 30.3 Å². The Morgan fingerprint density at radius 3 is 2.31 bits per heavy atom. The first-order valence-corrected chi connectivity index (χ1v) is 9.86. The number of methoxy groups -OCH3 is 2. The van der Waals surface area contributed by atoms with Crippen LogP contribution in [0, 0.1) is 0 Å². The third kappa shape index (κ3) is 4.23. The van der Waals surface area contributed by atoms with Crippen LogP contribution in [0.3, 0.4) is 0 Å². The molecule has 0 aliphatic carbocycles. The molecule has 1 aromatic heterocycles. The van der Waals surface area contributed by atoms with Gasteiger partial charge in [-0.15, -0.1) is 0 Å². The van der Waals surface area contributed by atoms with Crippen molar-refractivity contribution in [3.05, 3.63) is 42.0 Å². The minimum absolute atomic E-state index is 0.0169. The van der Waals surface area contributed by atoms with Crippen molar-refractivity contribution in [2.24, 2.45) is 0 Å². The number of hydrogen-bond donors (Lipinski definition) is 0. The van der Waals surface area contributed by atoms with E-state index in [-0.39, 0.29) is 11.8 Å². The molecule has 0 atom stereocenters. The second-order valence-electron chi connectivity index (χ2n) is 5.88. The second kappa shape index (κ2) is 7.88. The molecule has 3 rings (SSSR count). The third-order valence-corrected chi connectivity index (χ3v) is 6.06. The lowest BCUT2D eigenvalue weighted by Gasteiger charge is -2.34. The minimum atomic E-state index is -3.34. The molecule has 1 fully saturated rings. The van der Waals surface area contributed by atoms with Gasteiger partial charge in [-0.3, -0.25) is 0 Å². The lowest BCUT2D eigenvalue weighted by atomic mass is 10.2. The van der Waals surface area contributed by atoms with Crippen molar-refractivity contribution in [2.75, 3.05) is 45.3 Å². The van der Waals surface area contributed by atoms with E-state index in [2.05, 4.69) is 9.97 Å². The number of rotatable bonds is 6. The molecule has 8 nitrogen and oxygen atoms in total. The van der Waals surface area contributed by atoms with Gasteiger partial charge in [-0.05, 0) is 5.56 Å². The third-order valence-electron chi connectivity index (χ3n) is 4.21. The highest BCUT2D eigenvalue weighted by molar-refractivity contribution is 7.88. The zero-order valence-corrected chi connectivity index (χ0v) is 15.6. The van der Waals surface area contributed by atoms with E-state index in [1.165, 1.54) is 18.5 Å². The summed E-state index contributed by atoms with van der Waals surface area (Å²) in [6.45, 7) is 1.89. The van der Waals surface area contributed by atoms with Crippen LogP contribution < -0.4 is 14.4 Å². The molecule has 0 N–H and O–H groups in total. The van der Waals surface area contributed by atoms with E-state index < -0.39 is 10.0 Å². The molecule has 140 valence electrons. The molecule has 2 heterocycles. The van der Waals surface area contributed by atoms with Gasteiger partial charge in [0.1, 0.15) is 5.82 Å². The zero-order chi connectivity index (χ0) is 18.6. The number of aromatic nitrogens is 2. The molecule has 1 aliphatic heterocycles. The Morgan fingerprint density at radius 1 is 1.00 bits per heavy atom. The summed E-state index contributed by atoms with van der Waals surface area (Å²) in [7, 11) is -0.323. The van der Waals surface area contributed by atoms with Crippen molar-refractivity contribution < 1.29 is 17.9 Å². The van der Waals surface area contributed by atoms with Crippen LogP contribution >= 0.6 is 0 Å². The van der Waals surface area contributed by atoms with E-state index >= 15 is 0 Å². The van der Waals surface area contributed by atoms with Crippen LogP contribution in [0.4, 0.5) is 5.82 Å². The average molecular weight is 378 g/mol. The Labute approximate surface area is 153 Å². The van der Waals surface area contributed by atoms with Gasteiger partial charge in [0.25, 0.3) is 0 Å². The molecular weight excluding hydrogens is 356 g/mol. The molecule has 0 unspecified atom stereocenters. The van der Waals surface area contributed by atoms with Crippen LogP contribution in [0.1, 0.15) is 5.56 Å². The van der Waals surface area contributed by atoms with E-state index in [9.17, 15) is 8.42 Å². The van der Waals surface area contributed by atoms with Crippen LogP contribution in [0.15, 0.2) is 36.4 Å². The zero-order valence-electron chi connectivity index (χ0n) is 14.8. The largest absolute Gasteiger partial charge is 0.481 e. The monoisotopic (exact) mass is 378 g/mol. The first-order chi connectivity index (χ1) is 12.5. The molecule has 0 spiro atoms. The molecule has 9 heteroatoms. The van der Waals surface area contributed by atoms with Gasteiger partial charge in [-0.25, -0.2) is 8.42 Å². The highest BCUT2D eigenvalue weighted by Gasteiger charge is 2.28. The summed E-state index contributed by atoms with van der Waals surface area (Å²) in [5.41, 5.74) is 0.792. The highest BCUT2D eigenvalue weighted by atomic mass is 32.2. The molecule has 0 saturated carbocycles. The van der Waals surface area contributed by atoms with Crippen LogP contribution in [0.5, 0.6) is 11.9 Å². The molecule has 0 radical (unpaired) electrons. The van der Waals surface area contributed by atoms with E-state index in [1.807, 2.05) is 35.2 Å². The van der Waals surface area contributed by atoms with Crippen LogP contribution in [-0.4, -0.2) is 63.1 Å². The molecule has 1 aliphatic rings. The average Bonchev–Trinajstić information content (AvgIpc) is 2.68. The second-order valence-corrected chi connectivity index (χ2v) is 7.85. The summed E-state index contributed by atoms with van der Waals surface area (Å²) in [6, 6.07) is 11.2. The van der Waals surface area contributed by atoms with Gasteiger partial charge in [0.15, 0.2) is 0 Å². The number of piperazine rings is 1. The first kappa shape index (κ1) is 18.4. The van der Waals surface area contributed by atoms with Gasteiger partial charge in [0, 0.05) is 32.2 Å². The van der Waals surface area contributed by atoms with Gasteiger partial charge in [0.05, 0.1) is 20.0 Å². The molecule has 1 saturated heterocycles. The fraction of sp³-hybridized carbons (Fsp3) is 0.412. The number of sulfonamides is 1. The van der Waals surface area contributed by atoms with Crippen molar-refractivity contribution in [2.45, 2.75) is 5.75 Å². The Balaban J connectivity index is 1.67. The van der Waals surface area contributed by atoms with E-state index in [4.69, 9.17) is 9.47 Å². The fourth-order valence-electron chi connectivity index (χ4n) is 2.82. The maximum Gasteiger partial charge on any atom is 0.321 e. The Kier molecular flexibility index (Phi) is 5.58. The normalized spacial score (nSPS) is 15.7. The van der Waals surface area contributed by atoms with Crippen molar-refractivity contribution in [3.8, 4) is 11.9 Å². The molecule has 1 aromatic carbocycles. The van der Waals surface area contributed by atoms with E-state index in [0.29, 0.717) is 37.9 Å². The van der Waals surface area contributed by atoms with E-state index in [0.717, 1.165) is 5.56 Å². The van der Waals surface area contributed by atoms with Crippen molar-refractivity contribution in [3.63, 3.8) is 0 Å². The quantitative estimate of drug-likeness (QED) is 0.745. The Bertz CT molecular complexity index is 815. The Morgan fingerprint density at radius 2 is 1.69 bits per heavy atom. The van der Waals surface area contributed by atoms with Crippen molar-refractivity contribution >= 4 is 15.8 Å². The number of hydrogen-bond acceptors (Lipinski definition) is 7. The van der Waals surface area contributed by atoms with Crippen molar-refractivity contribution in [1.82, 2.24) is 14.3 Å². The topological polar surface area (TPSA) is 84.9 Å². The van der Waals surface area contributed by atoms with Gasteiger partial charge >= 0.3 is 6.01 Å². The molecule has 26 heavy (non-hydrogen) atoms. The molecular formula is C17H22N4O4S. The number of anilines is 1. The van der Waals surface area contributed by atoms with Gasteiger partial charge in [-0.2, -0.15) is 14.3 Å². The standard InChI is InChI=1S/C17H22N4O4S/c1-24-16-12-15(18-17(19-16)25-2)20-8-10-21(11-9-20)26(22,23)13-14-6-4-3-5-7-14/h3-7,12H,8-11,13H2,1-2H3.